The van der Waals surface area contributed by atoms with Gasteiger partial charge in [0.25, 0.3) is 0 Å². The number of carbonyl (C=O) groups is 1. The van der Waals surface area contributed by atoms with E-state index in [9.17, 15) is 4.79 Å². The number of ether oxygens (including phenoxy) is 4. The highest BCUT2D eigenvalue weighted by molar-refractivity contribution is 5.75. The lowest BCUT2D eigenvalue weighted by Gasteiger charge is -2.40. The fraction of sp³-hybridized carbons (Fsp3) is 0.318. The SMILES string of the molecule is CC(=O)NC1=C[C@@H]2O[C@H](c3ccccc3)OC[C@H]2O[C@@H]1OCc1ccccc1. The van der Waals surface area contributed by atoms with Crippen LogP contribution in [0.3, 0.4) is 0 Å². The van der Waals surface area contributed by atoms with E-state index in [1.807, 2.05) is 66.7 Å². The van der Waals surface area contributed by atoms with Crippen molar-refractivity contribution in [3.63, 3.8) is 0 Å². The van der Waals surface area contributed by atoms with Gasteiger partial charge in [0.2, 0.25) is 5.91 Å². The van der Waals surface area contributed by atoms with Crippen LogP contribution in [0.15, 0.2) is 72.4 Å². The maximum absolute atomic E-state index is 11.6. The van der Waals surface area contributed by atoms with E-state index in [1.54, 1.807) is 0 Å². The van der Waals surface area contributed by atoms with Crippen molar-refractivity contribution in [3.05, 3.63) is 83.6 Å². The molecule has 1 fully saturated rings. The number of fused-ring (bicyclic) bond motifs is 1. The Kier molecular flexibility index (Phi) is 5.83. The number of carbonyl (C=O) groups excluding carboxylic acids is 1. The van der Waals surface area contributed by atoms with Gasteiger partial charge in [-0.05, 0) is 11.6 Å². The lowest BCUT2D eigenvalue weighted by molar-refractivity contribution is -0.288. The molecule has 1 N–H and O–H groups in total. The van der Waals surface area contributed by atoms with Crippen molar-refractivity contribution in [1.29, 1.82) is 0 Å². The van der Waals surface area contributed by atoms with Crippen LogP contribution in [0.1, 0.15) is 24.3 Å². The summed E-state index contributed by atoms with van der Waals surface area (Å²) in [5.41, 5.74) is 2.52. The van der Waals surface area contributed by atoms with E-state index < -0.39 is 12.6 Å². The first-order valence-electron chi connectivity index (χ1n) is 9.31. The second kappa shape index (κ2) is 8.67. The molecule has 0 spiro atoms. The second-order valence-electron chi connectivity index (χ2n) is 6.78. The molecule has 28 heavy (non-hydrogen) atoms. The van der Waals surface area contributed by atoms with E-state index in [0.717, 1.165) is 11.1 Å². The van der Waals surface area contributed by atoms with Crippen molar-refractivity contribution in [1.82, 2.24) is 5.32 Å². The molecule has 0 radical (unpaired) electrons. The maximum atomic E-state index is 11.6. The molecule has 0 bridgehead atoms. The maximum Gasteiger partial charge on any atom is 0.221 e. The normalized spacial score (nSPS) is 26.8. The van der Waals surface area contributed by atoms with Gasteiger partial charge < -0.3 is 24.3 Å². The zero-order valence-electron chi connectivity index (χ0n) is 15.6. The summed E-state index contributed by atoms with van der Waals surface area (Å²) < 4.78 is 23.9. The Balaban J connectivity index is 1.48. The molecule has 6 nitrogen and oxygen atoms in total. The lowest BCUT2D eigenvalue weighted by atomic mass is 10.1. The minimum absolute atomic E-state index is 0.187. The zero-order valence-corrected chi connectivity index (χ0v) is 15.6. The standard InChI is InChI=1S/C22H23NO5/c1-15(24)23-18-12-19-20(14-26-21(27-19)17-10-6-3-7-11-17)28-22(18)25-13-16-8-4-2-5-9-16/h2-12,19-22H,13-14H2,1H3,(H,23,24)/t19-,20+,21+,22-/m0/s1. The molecule has 0 aliphatic carbocycles. The van der Waals surface area contributed by atoms with E-state index in [1.165, 1.54) is 6.92 Å². The summed E-state index contributed by atoms with van der Waals surface area (Å²) in [7, 11) is 0. The van der Waals surface area contributed by atoms with Crippen molar-refractivity contribution >= 4 is 5.91 Å². The van der Waals surface area contributed by atoms with Gasteiger partial charge in [0.05, 0.1) is 18.9 Å². The number of hydrogen-bond acceptors (Lipinski definition) is 5. The van der Waals surface area contributed by atoms with Crippen molar-refractivity contribution in [2.24, 2.45) is 0 Å². The Morgan fingerprint density at radius 1 is 1.07 bits per heavy atom. The molecule has 1 saturated heterocycles. The largest absolute Gasteiger partial charge is 0.346 e. The van der Waals surface area contributed by atoms with E-state index in [2.05, 4.69) is 5.32 Å². The Bertz CT molecular complexity index is 823. The number of nitrogens with one attached hydrogen (secondary N) is 1. The van der Waals surface area contributed by atoms with Gasteiger partial charge >= 0.3 is 0 Å². The van der Waals surface area contributed by atoms with Gasteiger partial charge in [0.15, 0.2) is 12.6 Å². The lowest BCUT2D eigenvalue weighted by Crippen LogP contribution is -2.49. The van der Waals surface area contributed by atoms with Crippen LogP contribution in [0, 0.1) is 0 Å². The van der Waals surface area contributed by atoms with Gasteiger partial charge in [-0.25, -0.2) is 0 Å². The van der Waals surface area contributed by atoms with Crippen LogP contribution in [0.4, 0.5) is 0 Å². The molecular weight excluding hydrogens is 358 g/mol. The summed E-state index contributed by atoms with van der Waals surface area (Å²) in [5, 5.41) is 2.81. The fourth-order valence-corrected chi connectivity index (χ4v) is 3.26. The molecule has 4 atom stereocenters. The van der Waals surface area contributed by atoms with Crippen molar-refractivity contribution in [2.45, 2.75) is 38.3 Å². The van der Waals surface area contributed by atoms with E-state index in [4.69, 9.17) is 18.9 Å². The number of rotatable bonds is 5. The van der Waals surface area contributed by atoms with Crippen LogP contribution in [0.25, 0.3) is 0 Å². The zero-order chi connectivity index (χ0) is 19.3. The minimum Gasteiger partial charge on any atom is -0.346 e. The molecular formula is C22H23NO5. The number of hydrogen-bond donors (Lipinski definition) is 1. The summed E-state index contributed by atoms with van der Waals surface area (Å²) in [6.45, 7) is 2.20. The Morgan fingerprint density at radius 3 is 2.50 bits per heavy atom. The van der Waals surface area contributed by atoms with Gasteiger partial charge in [0.1, 0.15) is 12.2 Å². The third kappa shape index (κ3) is 4.48. The Hall–Kier alpha value is -2.51. The average Bonchev–Trinajstić information content (AvgIpc) is 2.73. The first-order valence-corrected chi connectivity index (χ1v) is 9.31. The topological polar surface area (TPSA) is 66.0 Å². The molecule has 2 aromatic rings. The van der Waals surface area contributed by atoms with Crippen molar-refractivity contribution in [2.75, 3.05) is 6.61 Å². The first kappa shape index (κ1) is 18.8. The molecule has 2 aliphatic heterocycles. The van der Waals surface area contributed by atoms with E-state index >= 15 is 0 Å². The molecule has 2 heterocycles. The highest BCUT2D eigenvalue weighted by atomic mass is 16.7. The molecule has 0 unspecified atom stereocenters. The van der Waals surface area contributed by atoms with Gasteiger partial charge in [-0.1, -0.05) is 60.7 Å². The molecule has 2 aromatic carbocycles. The molecule has 146 valence electrons. The van der Waals surface area contributed by atoms with E-state index in [0.29, 0.717) is 18.9 Å². The average molecular weight is 381 g/mol. The van der Waals surface area contributed by atoms with Crippen LogP contribution < -0.4 is 5.32 Å². The molecule has 0 saturated carbocycles. The minimum atomic E-state index is -0.689. The summed E-state index contributed by atoms with van der Waals surface area (Å²) >= 11 is 0. The van der Waals surface area contributed by atoms with Crippen molar-refractivity contribution < 1.29 is 23.7 Å². The third-order valence-corrected chi connectivity index (χ3v) is 4.59. The first-order chi connectivity index (χ1) is 13.7. The predicted molar refractivity (Wildman–Crippen MR) is 102 cm³/mol. The van der Waals surface area contributed by atoms with Gasteiger partial charge in [-0.15, -0.1) is 0 Å². The second-order valence-corrected chi connectivity index (χ2v) is 6.78. The fourth-order valence-electron chi connectivity index (χ4n) is 3.26. The highest BCUT2D eigenvalue weighted by Crippen LogP contribution is 2.32. The summed E-state index contributed by atoms with van der Waals surface area (Å²) in [6.07, 6.45) is 0.0630. The van der Waals surface area contributed by atoms with Crippen LogP contribution in [-0.2, 0) is 30.3 Å². The molecule has 2 aliphatic rings. The molecule has 4 rings (SSSR count). The molecule has 0 aromatic heterocycles. The number of benzene rings is 2. The Labute approximate surface area is 164 Å². The quantitative estimate of drug-likeness (QED) is 0.862. The molecule has 6 heteroatoms. The number of amides is 1. The monoisotopic (exact) mass is 381 g/mol. The smallest absolute Gasteiger partial charge is 0.221 e. The summed E-state index contributed by atoms with van der Waals surface area (Å²) in [6, 6.07) is 19.6. The molecule has 1 amide bonds. The highest BCUT2D eigenvalue weighted by Gasteiger charge is 2.39. The van der Waals surface area contributed by atoms with Crippen LogP contribution in [0.5, 0.6) is 0 Å². The van der Waals surface area contributed by atoms with Gasteiger partial charge in [-0.3, -0.25) is 4.79 Å². The summed E-state index contributed by atoms with van der Waals surface area (Å²) in [5.74, 6) is -0.187. The summed E-state index contributed by atoms with van der Waals surface area (Å²) in [4.78, 5) is 11.6. The van der Waals surface area contributed by atoms with Crippen LogP contribution in [0.2, 0.25) is 0 Å². The third-order valence-electron chi connectivity index (χ3n) is 4.59. The van der Waals surface area contributed by atoms with Crippen LogP contribution >= 0.6 is 0 Å². The van der Waals surface area contributed by atoms with E-state index in [-0.39, 0.29) is 18.1 Å². The van der Waals surface area contributed by atoms with Crippen molar-refractivity contribution in [3.8, 4) is 0 Å². The van der Waals surface area contributed by atoms with Gasteiger partial charge in [-0.2, -0.15) is 0 Å². The van der Waals surface area contributed by atoms with Gasteiger partial charge in [0, 0.05) is 12.5 Å². The Morgan fingerprint density at radius 2 is 1.79 bits per heavy atom. The predicted octanol–water partition coefficient (Wildman–Crippen LogP) is 3.06. The van der Waals surface area contributed by atoms with Crippen LogP contribution in [-0.4, -0.2) is 31.0 Å².